The minimum Gasteiger partial charge on any atom is -0.322 e. The van der Waals surface area contributed by atoms with Gasteiger partial charge in [-0.15, -0.1) is 11.3 Å². The van der Waals surface area contributed by atoms with Crippen LogP contribution in [0.25, 0.3) is 0 Å². The fraction of sp³-hybridized carbons (Fsp3) is 0.688. The van der Waals surface area contributed by atoms with E-state index in [-0.39, 0.29) is 18.0 Å². The Balaban J connectivity index is 1.68. The Labute approximate surface area is 140 Å². The summed E-state index contributed by atoms with van der Waals surface area (Å²) >= 11 is 1.69. The molecule has 3 amide bonds. The first-order valence-corrected chi connectivity index (χ1v) is 9.03. The highest BCUT2D eigenvalue weighted by molar-refractivity contribution is 7.09. The van der Waals surface area contributed by atoms with E-state index in [2.05, 4.69) is 34.4 Å². The molecule has 1 spiro atoms. The fourth-order valence-corrected chi connectivity index (χ4v) is 4.13. The second-order valence-corrected chi connectivity index (χ2v) is 7.96. The van der Waals surface area contributed by atoms with E-state index in [1.54, 1.807) is 11.3 Å². The van der Waals surface area contributed by atoms with Crippen LogP contribution in [-0.4, -0.2) is 51.4 Å². The molecule has 2 aliphatic rings. The molecule has 2 saturated heterocycles. The van der Waals surface area contributed by atoms with Crippen molar-refractivity contribution in [2.24, 2.45) is 0 Å². The number of carbonyl (C=O) groups excluding carboxylic acids is 2. The van der Waals surface area contributed by atoms with Crippen molar-refractivity contribution < 1.29 is 9.59 Å². The van der Waals surface area contributed by atoms with E-state index in [1.807, 2.05) is 13.8 Å². The standard InChI is InChI=1S/C16H24N4O2S/c1-10(2)13-17-12(8-23-13)7-19-6-5-16(9-19)14(21)20(11(3)4)15(22)18-16/h8,10-11H,5-7,9H2,1-4H3,(H,18,22). The van der Waals surface area contributed by atoms with Crippen LogP contribution in [0.15, 0.2) is 5.38 Å². The molecule has 0 saturated carbocycles. The number of nitrogens with one attached hydrogen (secondary N) is 1. The zero-order valence-electron chi connectivity index (χ0n) is 14.1. The summed E-state index contributed by atoms with van der Waals surface area (Å²) < 4.78 is 0. The molecule has 3 heterocycles. The molecule has 0 bridgehead atoms. The summed E-state index contributed by atoms with van der Waals surface area (Å²) in [5.74, 6) is 0.357. The lowest BCUT2D eigenvalue weighted by molar-refractivity contribution is -0.132. The minimum absolute atomic E-state index is 0.0823. The Morgan fingerprint density at radius 2 is 2.09 bits per heavy atom. The zero-order chi connectivity index (χ0) is 16.8. The van der Waals surface area contributed by atoms with Crippen molar-refractivity contribution >= 4 is 23.3 Å². The number of urea groups is 1. The first-order chi connectivity index (χ1) is 10.8. The highest BCUT2D eigenvalue weighted by Crippen LogP contribution is 2.31. The largest absolute Gasteiger partial charge is 0.325 e. The third-order valence-electron chi connectivity index (χ3n) is 4.51. The maximum Gasteiger partial charge on any atom is 0.325 e. The van der Waals surface area contributed by atoms with Gasteiger partial charge in [-0.25, -0.2) is 9.78 Å². The van der Waals surface area contributed by atoms with Crippen LogP contribution in [0.5, 0.6) is 0 Å². The summed E-state index contributed by atoms with van der Waals surface area (Å²) in [6.07, 6.45) is 0.669. The van der Waals surface area contributed by atoms with Crippen LogP contribution in [0, 0.1) is 0 Å². The van der Waals surface area contributed by atoms with Gasteiger partial charge in [-0.3, -0.25) is 14.6 Å². The second-order valence-electron chi connectivity index (χ2n) is 7.07. The summed E-state index contributed by atoms with van der Waals surface area (Å²) in [4.78, 5) is 33.0. The number of hydrogen-bond acceptors (Lipinski definition) is 5. The Morgan fingerprint density at radius 1 is 1.35 bits per heavy atom. The highest BCUT2D eigenvalue weighted by Gasteiger charge is 2.55. The van der Waals surface area contributed by atoms with Gasteiger partial charge in [-0.05, 0) is 20.3 Å². The predicted octanol–water partition coefficient (Wildman–Crippen LogP) is 2.17. The molecule has 1 aromatic heterocycles. The summed E-state index contributed by atoms with van der Waals surface area (Å²) in [5, 5.41) is 6.16. The van der Waals surface area contributed by atoms with Crippen LogP contribution < -0.4 is 5.32 Å². The Morgan fingerprint density at radius 3 is 2.65 bits per heavy atom. The Hall–Kier alpha value is -1.47. The molecule has 126 valence electrons. The molecule has 1 N–H and O–H groups in total. The normalized spacial score (nSPS) is 25.4. The van der Waals surface area contributed by atoms with Crippen LogP contribution in [0.2, 0.25) is 0 Å². The molecular formula is C16H24N4O2S. The van der Waals surface area contributed by atoms with Crippen LogP contribution in [0.3, 0.4) is 0 Å². The smallest absolute Gasteiger partial charge is 0.322 e. The number of aromatic nitrogens is 1. The monoisotopic (exact) mass is 336 g/mol. The molecule has 2 aliphatic heterocycles. The summed E-state index contributed by atoms with van der Waals surface area (Å²) in [6, 6.07) is -0.370. The Kier molecular flexibility index (Phi) is 4.18. The topological polar surface area (TPSA) is 65.5 Å². The van der Waals surface area contributed by atoms with Crippen LogP contribution in [0.1, 0.15) is 50.7 Å². The van der Waals surface area contributed by atoms with Gasteiger partial charge in [0.2, 0.25) is 0 Å². The lowest BCUT2D eigenvalue weighted by Crippen LogP contribution is -2.49. The molecule has 1 aromatic rings. The lowest BCUT2D eigenvalue weighted by Gasteiger charge is -2.23. The van der Waals surface area contributed by atoms with E-state index < -0.39 is 5.54 Å². The van der Waals surface area contributed by atoms with Gasteiger partial charge in [0.25, 0.3) is 5.91 Å². The number of likely N-dealkylation sites (tertiary alicyclic amines) is 1. The number of nitrogens with zero attached hydrogens (tertiary/aromatic N) is 3. The summed E-state index contributed by atoms with van der Waals surface area (Å²) in [7, 11) is 0. The minimum atomic E-state index is -0.738. The molecule has 0 radical (unpaired) electrons. The van der Waals surface area contributed by atoms with Crippen LogP contribution in [-0.2, 0) is 11.3 Å². The number of amides is 3. The zero-order valence-corrected chi connectivity index (χ0v) is 14.9. The van der Waals surface area contributed by atoms with Gasteiger partial charge >= 0.3 is 6.03 Å². The SMILES string of the molecule is CC(C)c1nc(CN2CCC3(C2)NC(=O)N(C(C)C)C3=O)cs1. The molecule has 7 heteroatoms. The number of thiazole rings is 1. The molecule has 2 fully saturated rings. The molecule has 0 aromatic carbocycles. The lowest BCUT2D eigenvalue weighted by atomic mass is 9.98. The molecule has 23 heavy (non-hydrogen) atoms. The maximum absolute atomic E-state index is 12.7. The van der Waals surface area contributed by atoms with Gasteiger partial charge < -0.3 is 5.32 Å². The first-order valence-electron chi connectivity index (χ1n) is 8.15. The van der Waals surface area contributed by atoms with Crippen LogP contribution >= 0.6 is 11.3 Å². The van der Waals surface area contributed by atoms with Gasteiger partial charge in [0.05, 0.1) is 10.7 Å². The summed E-state index contributed by atoms with van der Waals surface area (Å²) in [5.41, 5.74) is 0.311. The fourth-order valence-electron chi connectivity index (χ4n) is 3.30. The average Bonchev–Trinajstić information content (AvgIpc) is 3.12. The highest BCUT2D eigenvalue weighted by atomic mass is 32.1. The maximum atomic E-state index is 12.7. The number of rotatable bonds is 4. The Bertz CT molecular complexity index is 627. The molecule has 1 atom stereocenters. The number of imide groups is 1. The van der Waals surface area contributed by atoms with Gasteiger partial charge in [-0.2, -0.15) is 0 Å². The molecule has 6 nitrogen and oxygen atoms in total. The van der Waals surface area contributed by atoms with Gasteiger partial charge in [0.1, 0.15) is 5.54 Å². The van der Waals surface area contributed by atoms with E-state index >= 15 is 0 Å². The van der Waals surface area contributed by atoms with Gasteiger partial charge in [0, 0.05) is 37.0 Å². The van der Waals surface area contributed by atoms with Crippen molar-refractivity contribution in [2.45, 2.75) is 58.2 Å². The van der Waals surface area contributed by atoms with Crippen molar-refractivity contribution in [3.8, 4) is 0 Å². The third-order valence-corrected chi connectivity index (χ3v) is 5.70. The summed E-state index contributed by atoms with van der Waals surface area (Å²) in [6.45, 7) is 10.1. The van der Waals surface area contributed by atoms with E-state index in [0.29, 0.717) is 18.9 Å². The van der Waals surface area contributed by atoms with E-state index in [0.717, 1.165) is 23.8 Å². The average molecular weight is 336 g/mol. The number of carbonyl (C=O) groups is 2. The van der Waals surface area contributed by atoms with Crippen molar-refractivity contribution in [1.29, 1.82) is 0 Å². The second kappa shape index (κ2) is 5.87. The van der Waals surface area contributed by atoms with Crippen molar-refractivity contribution in [3.63, 3.8) is 0 Å². The number of hydrogen-bond donors (Lipinski definition) is 1. The van der Waals surface area contributed by atoms with Gasteiger partial charge in [0.15, 0.2) is 0 Å². The van der Waals surface area contributed by atoms with E-state index in [1.165, 1.54) is 4.90 Å². The molecule has 3 rings (SSSR count). The van der Waals surface area contributed by atoms with Crippen molar-refractivity contribution in [3.05, 3.63) is 16.1 Å². The van der Waals surface area contributed by atoms with Crippen LogP contribution in [0.4, 0.5) is 4.79 Å². The molecule has 0 aliphatic carbocycles. The quantitative estimate of drug-likeness (QED) is 0.856. The molecule has 1 unspecified atom stereocenters. The van der Waals surface area contributed by atoms with E-state index in [9.17, 15) is 9.59 Å². The first kappa shape index (κ1) is 16.4. The van der Waals surface area contributed by atoms with Gasteiger partial charge in [-0.1, -0.05) is 13.8 Å². The third kappa shape index (κ3) is 2.87. The van der Waals surface area contributed by atoms with Crippen molar-refractivity contribution in [1.82, 2.24) is 20.1 Å². The van der Waals surface area contributed by atoms with E-state index in [4.69, 9.17) is 0 Å². The predicted molar refractivity (Wildman–Crippen MR) is 89.3 cm³/mol. The van der Waals surface area contributed by atoms with Crippen molar-refractivity contribution in [2.75, 3.05) is 13.1 Å². The molecular weight excluding hydrogens is 312 g/mol.